The molecule has 0 spiro atoms. The Kier molecular flexibility index (Phi) is 8.51. The van der Waals surface area contributed by atoms with Crippen LogP contribution in [0.15, 0.2) is 231 Å². The Morgan fingerprint density at radius 3 is 1.59 bits per heavy atom. The second-order valence-electron chi connectivity index (χ2n) is 18.4. The summed E-state index contributed by atoms with van der Waals surface area (Å²) in [6.45, 7) is 4.73. The first-order valence-corrected chi connectivity index (χ1v) is 23.0. The SMILES string of the molecule is CC1(C)c2ccc(-c3ccc(-c4cc(-c5cccc6c5C(c5ccccc5)(c5ccccc5)c5ccccc5-6)nc(-c5ccccc5)n4)c4ccccc34)cc2-c2cc3ccccc3cc21. The van der Waals surface area contributed by atoms with Crippen molar-refractivity contribution in [3.05, 3.63) is 264 Å². The van der Waals surface area contributed by atoms with Crippen molar-refractivity contribution in [2.75, 3.05) is 0 Å². The molecule has 0 aliphatic heterocycles. The van der Waals surface area contributed by atoms with E-state index < -0.39 is 5.41 Å². The van der Waals surface area contributed by atoms with Gasteiger partial charge in [-0.05, 0) is 113 Å². The van der Waals surface area contributed by atoms with Crippen molar-refractivity contribution in [2.24, 2.45) is 0 Å². The standard InChI is InChI=1S/C64H44N2/c1-63(2)56-36-33-44(38-54(56)55-37-42-21-12-13-22-43(42)39-58(55)63)47-34-35-51(49-28-15-14-27-48(47)49)59-40-60(66-62(65-59)41-19-6-3-7-20-41)53-31-18-30-52-50-29-16-17-32-57(50)64(61(52)53,45-23-8-4-9-24-45)46-25-10-5-11-26-46/h3-40H,1-2H3. The minimum Gasteiger partial charge on any atom is -0.228 e. The van der Waals surface area contributed by atoms with Crippen LogP contribution < -0.4 is 0 Å². The molecule has 0 fully saturated rings. The van der Waals surface area contributed by atoms with Gasteiger partial charge in [0.15, 0.2) is 5.82 Å². The van der Waals surface area contributed by atoms with Gasteiger partial charge in [0.05, 0.1) is 16.8 Å². The molecule has 0 amide bonds. The maximum Gasteiger partial charge on any atom is 0.160 e. The van der Waals surface area contributed by atoms with E-state index >= 15 is 0 Å². The topological polar surface area (TPSA) is 25.8 Å². The van der Waals surface area contributed by atoms with Crippen LogP contribution in [-0.4, -0.2) is 9.97 Å². The summed E-state index contributed by atoms with van der Waals surface area (Å²) in [5, 5.41) is 4.90. The average Bonchev–Trinajstić information content (AvgIpc) is 3.81. The summed E-state index contributed by atoms with van der Waals surface area (Å²) >= 11 is 0. The average molecular weight is 841 g/mol. The molecule has 0 N–H and O–H groups in total. The van der Waals surface area contributed by atoms with E-state index in [0.29, 0.717) is 5.82 Å². The predicted molar refractivity (Wildman–Crippen MR) is 274 cm³/mol. The zero-order chi connectivity index (χ0) is 44.0. The van der Waals surface area contributed by atoms with Gasteiger partial charge in [0.2, 0.25) is 0 Å². The molecule has 0 unspecified atom stereocenters. The summed E-state index contributed by atoms with van der Waals surface area (Å²) in [6, 6.07) is 84.4. The maximum absolute atomic E-state index is 5.51. The molecule has 1 heterocycles. The molecule has 0 bridgehead atoms. The molecule has 66 heavy (non-hydrogen) atoms. The highest BCUT2D eigenvalue weighted by Gasteiger charge is 2.47. The molecule has 0 atom stereocenters. The second kappa shape index (κ2) is 14.7. The van der Waals surface area contributed by atoms with E-state index in [1.165, 1.54) is 82.9 Å². The highest BCUT2D eigenvalue weighted by atomic mass is 14.9. The van der Waals surface area contributed by atoms with Crippen molar-refractivity contribution >= 4 is 21.5 Å². The van der Waals surface area contributed by atoms with Gasteiger partial charge in [0.25, 0.3) is 0 Å². The van der Waals surface area contributed by atoms with Gasteiger partial charge in [-0.25, -0.2) is 9.97 Å². The second-order valence-corrected chi connectivity index (χ2v) is 18.4. The number of hydrogen-bond acceptors (Lipinski definition) is 2. The molecule has 1 aromatic heterocycles. The van der Waals surface area contributed by atoms with Gasteiger partial charge in [-0.3, -0.25) is 0 Å². The van der Waals surface area contributed by atoms with Crippen molar-refractivity contribution in [2.45, 2.75) is 24.7 Å². The molecule has 310 valence electrons. The van der Waals surface area contributed by atoms with Gasteiger partial charge in [-0.2, -0.15) is 0 Å². The number of aromatic nitrogens is 2. The van der Waals surface area contributed by atoms with Crippen LogP contribution >= 0.6 is 0 Å². The van der Waals surface area contributed by atoms with Crippen molar-refractivity contribution in [3.8, 4) is 67.3 Å². The molecule has 11 aromatic rings. The lowest BCUT2D eigenvalue weighted by Gasteiger charge is -2.35. The molecule has 0 saturated heterocycles. The summed E-state index contributed by atoms with van der Waals surface area (Å²) in [5.74, 6) is 0.696. The van der Waals surface area contributed by atoms with Crippen molar-refractivity contribution in [1.82, 2.24) is 9.97 Å². The van der Waals surface area contributed by atoms with E-state index in [4.69, 9.17) is 9.97 Å². The first-order valence-electron chi connectivity index (χ1n) is 23.0. The Bertz CT molecular complexity index is 3680. The third kappa shape index (κ3) is 5.61. The van der Waals surface area contributed by atoms with Gasteiger partial charge in [0, 0.05) is 22.1 Å². The van der Waals surface area contributed by atoms with E-state index in [2.05, 4.69) is 244 Å². The van der Waals surface area contributed by atoms with Gasteiger partial charge in [-0.1, -0.05) is 220 Å². The summed E-state index contributed by atoms with van der Waals surface area (Å²) in [7, 11) is 0. The minimum absolute atomic E-state index is 0.0934. The molecule has 2 nitrogen and oxygen atoms in total. The fourth-order valence-electron chi connectivity index (χ4n) is 11.5. The Hall–Kier alpha value is -8.20. The smallest absolute Gasteiger partial charge is 0.160 e. The minimum atomic E-state index is -0.587. The van der Waals surface area contributed by atoms with Crippen LogP contribution in [0.3, 0.4) is 0 Å². The first kappa shape index (κ1) is 38.3. The van der Waals surface area contributed by atoms with E-state index in [-0.39, 0.29) is 5.41 Å². The molecule has 2 aliphatic rings. The Morgan fingerprint density at radius 1 is 0.318 bits per heavy atom. The van der Waals surface area contributed by atoms with Crippen LogP contribution in [0.4, 0.5) is 0 Å². The lowest BCUT2D eigenvalue weighted by Crippen LogP contribution is -2.29. The van der Waals surface area contributed by atoms with E-state index in [0.717, 1.165) is 33.5 Å². The summed E-state index contributed by atoms with van der Waals surface area (Å²) in [6.07, 6.45) is 0. The maximum atomic E-state index is 5.51. The van der Waals surface area contributed by atoms with Gasteiger partial charge in [0.1, 0.15) is 0 Å². The number of benzene rings is 10. The predicted octanol–water partition coefficient (Wildman–Crippen LogP) is 16.1. The fourth-order valence-corrected chi connectivity index (χ4v) is 11.5. The van der Waals surface area contributed by atoms with Crippen LogP contribution in [0.2, 0.25) is 0 Å². The Balaban J connectivity index is 1.02. The van der Waals surface area contributed by atoms with Gasteiger partial charge in [-0.15, -0.1) is 0 Å². The molecule has 10 aromatic carbocycles. The molecular weight excluding hydrogens is 797 g/mol. The van der Waals surface area contributed by atoms with Crippen LogP contribution in [0.1, 0.15) is 47.2 Å². The van der Waals surface area contributed by atoms with Crippen molar-refractivity contribution in [1.29, 1.82) is 0 Å². The molecule has 0 radical (unpaired) electrons. The lowest BCUT2D eigenvalue weighted by atomic mass is 9.66. The number of hydrogen-bond donors (Lipinski definition) is 0. The molecule has 13 rings (SSSR count). The fraction of sp³-hybridized carbons (Fsp3) is 0.0625. The highest BCUT2D eigenvalue weighted by Crippen LogP contribution is 2.59. The van der Waals surface area contributed by atoms with Crippen LogP contribution in [0.5, 0.6) is 0 Å². The van der Waals surface area contributed by atoms with E-state index in [1.807, 2.05) is 0 Å². The summed E-state index contributed by atoms with van der Waals surface area (Å²) < 4.78 is 0. The summed E-state index contributed by atoms with van der Waals surface area (Å²) in [4.78, 5) is 10.9. The molecule has 0 saturated carbocycles. The molecule has 2 heteroatoms. The largest absolute Gasteiger partial charge is 0.228 e. The number of fused-ring (bicyclic) bond motifs is 8. The van der Waals surface area contributed by atoms with E-state index in [1.54, 1.807) is 0 Å². The van der Waals surface area contributed by atoms with Crippen molar-refractivity contribution < 1.29 is 0 Å². The lowest BCUT2D eigenvalue weighted by molar-refractivity contribution is 0.661. The first-order chi connectivity index (χ1) is 32.5. The van der Waals surface area contributed by atoms with Crippen LogP contribution in [0, 0.1) is 0 Å². The van der Waals surface area contributed by atoms with Crippen molar-refractivity contribution in [3.63, 3.8) is 0 Å². The highest BCUT2D eigenvalue weighted by molar-refractivity contribution is 6.06. The van der Waals surface area contributed by atoms with E-state index in [9.17, 15) is 0 Å². The van der Waals surface area contributed by atoms with Crippen LogP contribution in [-0.2, 0) is 10.8 Å². The monoisotopic (exact) mass is 840 g/mol. The Morgan fingerprint density at radius 2 is 0.864 bits per heavy atom. The zero-order valence-electron chi connectivity index (χ0n) is 36.8. The Labute approximate surface area is 385 Å². The van der Waals surface area contributed by atoms with Crippen LogP contribution in [0.25, 0.3) is 88.8 Å². The third-order valence-corrected chi connectivity index (χ3v) is 14.6. The number of nitrogens with zero attached hydrogens (tertiary/aromatic N) is 2. The van der Waals surface area contributed by atoms with Gasteiger partial charge < -0.3 is 0 Å². The zero-order valence-corrected chi connectivity index (χ0v) is 36.8. The quantitative estimate of drug-likeness (QED) is 0.167. The van der Waals surface area contributed by atoms with Gasteiger partial charge >= 0.3 is 0 Å². The number of rotatable bonds is 6. The summed E-state index contributed by atoms with van der Waals surface area (Å²) in [5.41, 5.74) is 19.5. The normalized spacial score (nSPS) is 13.8. The molecule has 2 aliphatic carbocycles. The molecular formula is C64H44N2. The third-order valence-electron chi connectivity index (χ3n) is 14.6.